The molecule has 0 atom stereocenters. The summed E-state index contributed by atoms with van der Waals surface area (Å²) in [4.78, 5) is 0.340. The smallest absolute Gasteiger partial charge is 0.279 e. The molecular formula is C9H19N3O2S2. The second kappa shape index (κ2) is 5.39. The van der Waals surface area contributed by atoms with Crippen LogP contribution in [-0.2, 0) is 10.2 Å². The lowest BCUT2D eigenvalue weighted by Gasteiger charge is -2.25. The van der Waals surface area contributed by atoms with Crippen LogP contribution in [0.2, 0.25) is 0 Å². The van der Waals surface area contributed by atoms with E-state index in [-0.39, 0.29) is 12.1 Å². The van der Waals surface area contributed by atoms with Crippen molar-refractivity contribution in [2.45, 2.75) is 45.2 Å². The Balaban J connectivity index is 2.63. The summed E-state index contributed by atoms with van der Waals surface area (Å²) < 4.78 is 28.0. The molecule has 16 heavy (non-hydrogen) atoms. The van der Waals surface area contributed by atoms with Crippen molar-refractivity contribution in [3.8, 4) is 0 Å². The first-order valence-electron chi connectivity index (χ1n) is 5.40. The Morgan fingerprint density at radius 2 is 2.12 bits per heavy atom. The van der Waals surface area contributed by atoms with Gasteiger partial charge in [0, 0.05) is 25.0 Å². The van der Waals surface area contributed by atoms with Crippen molar-refractivity contribution in [2.75, 3.05) is 6.54 Å². The number of nitrogens with one attached hydrogen (secondary N) is 1. The third-order valence-corrected chi connectivity index (χ3v) is 4.41. The molecule has 1 saturated carbocycles. The first-order valence-corrected chi connectivity index (χ1v) is 7.25. The molecule has 1 aliphatic carbocycles. The molecule has 7 heteroatoms. The fourth-order valence-corrected chi connectivity index (χ4v) is 3.13. The van der Waals surface area contributed by atoms with Crippen LogP contribution in [0.1, 0.15) is 33.1 Å². The molecule has 3 N–H and O–H groups in total. The first-order chi connectivity index (χ1) is 7.33. The van der Waals surface area contributed by atoms with Gasteiger partial charge in [0.15, 0.2) is 0 Å². The van der Waals surface area contributed by atoms with Crippen LogP contribution in [0.5, 0.6) is 0 Å². The minimum Gasteiger partial charge on any atom is -0.393 e. The number of nitrogens with zero attached hydrogens (tertiary/aromatic N) is 1. The Morgan fingerprint density at radius 1 is 1.56 bits per heavy atom. The lowest BCUT2D eigenvalue weighted by molar-refractivity contribution is 0.356. The van der Waals surface area contributed by atoms with E-state index < -0.39 is 10.2 Å². The minimum atomic E-state index is -3.39. The van der Waals surface area contributed by atoms with Gasteiger partial charge in [-0.25, -0.2) is 0 Å². The normalized spacial score (nSPS) is 17.0. The molecule has 0 heterocycles. The highest BCUT2D eigenvalue weighted by atomic mass is 32.2. The Bertz CT molecular complexity index is 350. The van der Waals surface area contributed by atoms with Crippen molar-refractivity contribution in [1.82, 2.24) is 9.03 Å². The first kappa shape index (κ1) is 13.8. The third-order valence-electron chi connectivity index (χ3n) is 2.36. The summed E-state index contributed by atoms with van der Waals surface area (Å²) in [6.45, 7) is 4.02. The lowest BCUT2D eigenvalue weighted by Crippen LogP contribution is -2.46. The monoisotopic (exact) mass is 265 g/mol. The molecule has 0 saturated heterocycles. The van der Waals surface area contributed by atoms with E-state index in [0.29, 0.717) is 18.0 Å². The van der Waals surface area contributed by atoms with Gasteiger partial charge < -0.3 is 5.73 Å². The van der Waals surface area contributed by atoms with E-state index in [1.807, 2.05) is 13.8 Å². The van der Waals surface area contributed by atoms with Gasteiger partial charge in [-0.1, -0.05) is 12.2 Å². The molecule has 94 valence electrons. The predicted octanol–water partition coefficient (Wildman–Crippen LogP) is 0.370. The molecule has 0 amide bonds. The average Bonchev–Trinajstić information content (AvgIpc) is 2.85. The van der Waals surface area contributed by atoms with E-state index in [1.54, 1.807) is 0 Å². The molecule has 5 nitrogen and oxygen atoms in total. The molecule has 0 aliphatic heterocycles. The van der Waals surface area contributed by atoms with Crippen molar-refractivity contribution in [2.24, 2.45) is 5.73 Å². The Labute approximate surface area is 103 Å². The topological polar surface area (TPSA) is 75.4 Å². The molecule has 0 aromatic rings. The van der Waals surface area contributed by atoms with Crippen LogP contribution in [0.25, 0.3) is 0 Å². The summed E-state index contributed by atoms with van der Waals surface area (Å²) >= 11 is 4.76. The minimum absolute atomic E-state index is 0.0920. The predicted molar refractivity (Wildman–Crippen MR) is 68.3 cm³/mol. The van der Waals surface area contributed by atoms with Crippen molar-refractivity contribution < 1.29 is 8.42 Å². The highest BCUT2D eigenvalue weighted by molar-refractivity contribution is 7.87. The molecule has 0 bridgehead atoms. The van der Waals surface area contributed by atoms with Crippen LogP contribution in [0.15, 0.2) is 0 Å². The summed E-state index contributed by atoms with van der Waals surface area (Å²) in [7, 11) is -3.39. The zero-order chi connectivity index (χ0) is 12.3. The van der Waals surface area contributed by atoms with Gasteiger partial charge in [0.2, 0.25) is 0 Å². The van der Waals surface area contributed by atoms with Gasteiger partial charge in [-0.3, -0.25) is 0 Å². The van der Waals surface area contributed by atoms with Gasteiger partial charge in [0.1, 0.15) is 0 Å². The van der Waals surface area contributed by atoms with E-state index >= 15 is 0 Å². The van der Waals surface area contributed by atoms with Gasteiger partial charge in [-0.2, -0.15) is 17.4 Å². The van der Waals surface area contributed by atoms with E-state index in [2.05, 4.69) is 4.72 Å². The maximum Gasteiger partial charge on any atom is 0.279 e. The molecule has 0 aromatic carbocycles. The van der Waals surface area contributed by atoms with E-state index in [4.69, 9.17) is 18.0 Å². The number of thiocarbonyl (C=S) groups is 1. The zero-order valence-corrected chi connectivity index (χ0v) is 11.3. The number of rotatable bonds is 7. The van der Waals surface area contributed by atoms with E-state index in [1.165, 1.54) is 4.31 Å². The highest BCUT2D eigenvalue weighted by Gasteiger charge is 2.32. The van der Waals surface area contributed by atoms with Crippen molar-refractivity contribution in [1.29, 1.82) is 0 Å². The SMILES string of the molecule is CC(C)N(CCC(N)=S)S(=O)(=O)NC1CC1. The van der Waals surface area contributed by atoms with Crippen molar-refractivity contribution in [3.05, 3.63) is 0 Å². The Kier molecular flexibility index (Phi) is 4.66. The van der Waals surface area contributed by atoms with Gasteiger partial charge >= 0.3 is 0 Å². The van der Waals surface area contributed by atoms with Crippen LogP contribution in [0.3, 0.4) is 0 Å². The molecule has 0 unspecified atom stereocenters. The standard InChI is InChI=1S/C9H19N3O2S2/c1-7(2)12(6-5-9(10)15)16(13,14)11-8-3-4-8/h7-8,11H,3-6H2,1-2H3,(H2,10,15). The second-order valence-corrected chi connectivity index (χ2v) is 6.50. The largest absolute Gasteiger partial charge is 0.393 e. The van der Waals surface area contributed by atoms with Gasteiger partial charge in [-0.05, 0) is 26.7 Å². The maximum atomic E-state index is 12.0. The third kappa shape index (κ3) is 4.32. The molecule has 0 spiro atoms. The van der Waals surface area contributed by atoms with Gasteiger partial charge in [0.05, 0.1) is 4.99 Å². The summed E-state index contributed by atoms with van der Waals surface area (Å²) in [6.07, 6.45) is 2.28. The van der Waals surface area contributed by atoms with Crippen LogP contribution >= 0.6 is 12.2 Å². The summed E-state index contributed by atoms with van der Waals surface area (Å²) in [5, 5.41) is 0. The average molecular weight is 265 g/mol. The van der Waals surface area contributed by atoms with Crippen LogP contribution in [0, 0.1) is 0 Å². The van der Waals surface area contributed by atoms with E-state index in [9.17, 15) is 8.42 Å². The molecule has 1 fully saturated rings. The van der Waals surface area contributed by atoms with Crippen LogP contribution in [0.4, 0.5) is 0 Å². The number of hydrogen-bond donors (Lipinski definition) is 2. The second-order valence-electron chi connectivity index (χ2n) is 4.32. The van der Waals surface area contributed by atoms with Crippen molar-refractivity contribution in [3.63, 3.8) is 0 Å². The number of nitrogens with two attached hydrogens (primary N) is 1. The Morgan fingerprint density at radius 3 is 2.50 bits per heavy atom. The van der Waals surface area contributed by atoms with E-state index in [0.717, 1.165) is 12.8 Å². The summed E-state index contributed by atoms with van der Waals surface area (Å²) in [5.41, 5.74) is 5.39. The quantitative estimate of drug-likeness (QED) is 0.652. The van der Waals surface area contributed by atoms with Crippen molar-refractivity contribution >= 4 is 27.4 Å². The van der Waals surface area contributed by atoms with Gasteiger partial charge in [0.25, 0.3) is 10.2 Å². The molecule has 0 aromatic heterocycles. The number of hydrogen-bond acceptors (Lipinski definition) is 3. The van der Waals surface area contributed by atoms with Crippen LogP contribution in [-0.4, -0.2) is 36.3 Å². The fourth-order valence-electron chi connectivity index (χ4n) is 1.36. The van der Waals surface area contributed by atoms with Gasteiger partial charge in [-0.15, -0.1) is 0 Å². The Hall–Kier alpha value is -0.240. The summed E-state index contributed by atoms with van der Waals surface area (Å²) in [5.74, 6) is 0. The highest BCUT2D eigenvalue weighted by Crippen LogP contribution is 2.21. The van der Waals surface area contributed by atoms with Crippen LogP contribution < -0.4 is 10.5 Å². The maximum absolute atomic E-state index is 12.0. The molecule has 1 aliphatic rings. The molecular weight excluding hydrogens is 246 g/mol. The molecule has 0 radical (unpaired) electrons. The zero-order valence-electron chi connectivity index (χ0n) is 9.64. The molecule has 1 rings (SSSR count). The lowest BCUT2D eigenvalue weighted by atomic mass is 10.3. The fraction of sp³-hybridized carbons (Fsp3) is 0.889. The summed E-state index contributed by atoms with van der Waals surface area (Å²) in [6, 6.07) is 0.0293.